The van der Waals surface area contributed by atoms with Crippen molar-refractivity contribution in [2.75, 3.05) is 7.11 Å². The van der Waals surface area contributed by atoms with Crippen molar-refractivity contribution in [1.82, 2.24) is 10.4 Å². The number of hydrazine groups is 1. The summed E-state index contributed by atoms with van der Waals surface area (Å²) in [6.45, 7) is 1.93. The van der Waals surface area contributed by atoms with E-state index in [0.717, 1.165) is 11.1 Å². The van der Waals surface area contributed by atoms with Crippen LogP contribution in [0.25, 0.3) is 0 Å². The fourth-order valence-electron chi connectivity index (χ4n) is 1.97. The minimum Gasteiger partial charge on any atom is -0.497 e. The molecule has 0 amide bonds. The number of rotatable bonds is 4. The summed E-state index contributed by atoms with van der Waals surface area (Å²) in [7, 11) is 1.50. The second-order valence-electron chi connectivity index (χ2n) is 4.28. The number of hydrogen-bond acceptors (Lipinski definition) is 4. The van der Waals surface area contributed by atoms with Gasteiger partial charge in [0, 0.05) is 24.0 Å². The number of aromatic nitrogens is 1. The van der Waals surface area contributed by atoms with Crippen LogP contribution in [0.15, 0.2) is 36.7 Å². The molecule has 0 saturated carbocycles. The summed E-state index contributed by atoms with van der Waals surface area (Å²) in [5, 5.41) is 0. The molecule has 1 aromatic heterocycles. The Morgan fingerprint density at radius 2 is 2.11 bits per heavy atom. The summed E-state index contributed by atoms with van der Waals surface area (Å²) in [5.74, 6) is 5.65. The highest BCUT2D eigenvalue weighted by Gasteiger charge is 2.17. The molecule has 1 unspecified atom stereocenters. The lowest BCUT2D eigenvalue weighted by molar-refractivity contribution is 0.410. The summed E-state index contributed by atoms with van der Waals surface area (Å²) in [6.07, 6.45) is 3.41. The van der Waals surface area contributed by atoms with Crippen molar-refractivity contribution in [1.29, 1.82) is 0 Å². The van der Waals surface area contributed by atoms with Crippen molar-refractivity contribution in [3.8, 4) is 5.75 Å². The molecular formula is C14H16FN3O. The van der Waals surface area contributed by atoms with Crippen LogP contribution in [0.1, 0.15) is 22.7 Å². The number of pyridine rings is 1. The lowest BCUT2D eigenvalue weighted by Crippen LogP contribution is -2.29. The first-order valence-electron chi connectivity index (χ1n) is 5.87. The molecule has 2 aromatic rings. The van der Waals surface area contributed by atoms with E-state index in [0.29, 0.717) is 11.3 Å². The molecule has 1 heterocycles. The maximum Gasteiger partial charge on any atom is 0.132 e. The summed E-state index contributed by atoms with van der Waals surface area (Å²) in [4.78, 5) is 4.10. The van der Waals surface area contributed by atoms with Crippen molar-refractivity contribution in [2.45, 2.75) is 13.0 Å². The molecule has 0 aliphatic heterocycles. The topological polar surface area (TPSA) is 60.2 Å². The van der Waals surface area contributed by atoms with Gasteiger partial charge in [0.2, 0.25) is 0 Å². The zero-order valence-corrected chi connectivity index (χ0v) is 10.9. The third kappa shape index (κ3) is 2.89. The van der Waals surface area contributed by atoms with Crippen LogP contribution in [0, 0.1) is 12.7 Å². The summed E-state index contributed by atoms with van der Waals surface area (Å²) < 4.78 is 19.0. The Kier molecular flexibility index (Phi) is 4.09. The van der Waals surface area contributed by atoms with E-state index in [-0.39, 0.29) is 5.82 Å². The van der Waals surface area contributed by atoms with E-state index >= 15 is 0 Å². The van der Waals surface area contributed by atoms with Crippen molar-refractivity contribution in [2.24, 2.45) is 5.84 Å². The molecule has 0 spiro atoms. The second-order valence-corrected chi connectivity index (χ2v) is 4.28. The molecule has 19 heavy (non-hydrogen) atoms. The number of nitrogens with zero attached hydrogens (tertiary/aromatic N) is 1. The molecule has 3 N–H and O–H groups in total. The SMILES string of the molecule is COc1ccc(C(NN)c2cncc(C)c2)c(F)c1. The van der Waals surface area contributed by atoms with E-state index in [1.165, 1.54) is 13.2 Å². The highest BCUT2D eigenvalue weighted by Crippen LogP contribution is 2.26. The molecule has 0 bridgehead atoms. The van der Waals surface area contributed by atoms with E-state index in [9.17, 15) is 4.39 Å². The molecule has 2 rings (SSSR count). The lowest BCUT2D eigenvalue weighted by Gasteiger charge is -2.18. The first-order chi connectivity index (χ1) is 9.15. The van der Waals surface area contributed by atoms with Crippen molar-refractivity contribution in [3.05, 3.63) is 59.2 Å². The van der Waals surface area contributed by atoms with Gasteiger partial charge in [-0.3, -0.25) is 10.8 Å². The van der Waals surface area contributed by atoms with Gasteiger partial charge in [-0.15, -0.1) is 0 Å². The normalized spacial score (nSPS) is 12.2. The predicted octanol–water partition coefficient (Wildman–Crippen LogP) is 2.09. The van der Waals surface area contributed by atoms with Gasteiger partial charge < -0.3 is 4.74 Å². The van der Waals surface area contributed by atoms with Crippen LogP contribution in [0.3, 0.4) is 0 Å². The van der Waals surface area contributed by atoms with Gasteiger partial charge in [-0.2, -0.15) is 0 Å². The Bertz CT molecular complexity index is 574. The number of hydrogen-bond donors (Lipinski definition) is 2. The zero-order valence-electron chi connectivity index (χ0n) is 10.9. The van der Waals surface area contributed by atoms with Gasteiger partial charge >= 0.3 is 0 Å². The van der Waals surface area contributed by atoms with Gasteiger partial charge in [-0.1, -0.05) is 12.1 Å². The molecule has 0 saturated heterocycles. The predicted molar refractivity (Wildman–Crippen MR) is 71.1 cm³/mol. The molecule has 0 fully saturated rings. The van der Waals surface area contributed by atoms with Crippen LogP contribution in [0.2, 0.25) is 0 Å². The number of ether oxygens (including phenoxy) is 1. The van der Waals surface area contributed by atoms with Crippen molar-refractivity contribution in [3.63, 3.8) is 0 Å². The van der Waals surface area contributed by atoms with Gasteiger partial charge in [-0.25, -0.2) is 9.82 Å². The number of nitrogens with two attached hydrogens (primary N) is 1. The molecule has 100 valence electrons. The van der Waals surface area contributed by atoms with Crippen LogP contribution in [0.5, 0.6) is 5.75 Å². The Morgan fingerprint density at radius 3 is 2.68 bits per heavy atom. The molecule has 0 radical (unpaired) electrons. The van der Waals surface area contributed by atoms with E-state index in [4.69, 9.17) is 10.6 Å². The monoisotopic (exact) mass is 261 g/mol. The first-order valence-corrected chi connectivity index (χ1v) is 5.87. The standard InChI is InChI=1S/C14H16FN3O/c1-9-5-10(8-17-7-9)14(18-16)12-4-3-11(19-2)6-13(12)15/h3-8,14,18H,16H2,1-2H3. The Balaban J connectivity index is 2.42. The van der Waals surface area contributed by atoms with Crippen LogP contribution in [0.4, 0.5) is 4.39 Å². The first kappa shape index (κ1) is 13.5. The molecular weight excluding hydrogens is 245 g/mol. The summed E-state index contributed by atoms with van der Waals surface area (Å²) >= 11 is 0. The average Bonchev–Trinajstić information content (AvgIpc) is 2.41. The second kappa shape index (κ2) is 5.77. The fraction of sp³-hybridized carbons (Fsp3) is 0.214. The third-order valence-corrected chi connectivity index (χ3v) is 2.91. The van der Waals surface area contributed by atoms with Crippen LogP contribution >= 0.6 is 0 Å². The molecule has 0 aliphatic carbocycles. The van der Waals surface area contributed by atoms with E-state index in [1.807, 2.05) is 13.0 Å². The van der Waals surface area contributed by atoms with Crippen LogP contribution in [-0.4, -0.2) is 12.1 Å². The number of nitrogens with one attached hydrogen (secondary N) is 1. The summed E-state index contributed by atoms with van der Waals surface area (Å²) in [5.41, 5.74) is 4.88. The van der Waals surface area contributed by atoms with E-state index in [2.05, 4.69) is 10.4 Å². The molecule has 1 atom stereocenters. The lowest BCUT2D eigenvalue weighted by atomic mass is 9.99. The highest BCUT2D eigenvalue weighted by molar-refractivity contribution is 5.36. The van der Waals surface area contributed by atoms with E-state index in [1.54, 1.807) is 24.5 Å². The third-order valence-electron chi connectivity index (χ3n) is 2.91. The Hall–Kier alpha value is -1.98. The molecule has 4 nitrogen and oxygen atoms in total. The van der Waals surface area contributed by atoms with E-state index < -0.39 is 6.04 Å². The number of benzene rings is 1. The average molecular weight is 261 g/mol. The maximum absolute atomic E-state index is 14.1. The molecule has 1 aromatic carbocycles. The van der Waals surface area contributed by atoms with Gasteiger partial charge in [0.05, 0.1) is 13.2 Å². The molecule has 5 heteroatoms. The quantitative estimate of drug-likeness (QED) is 0.653. The number of aryl methyl sites for hydroxylation is 1. The number of methoxy groups -OCH3 is 1. The number of halogens is 1. The smallest absolute Gasteiger partial charge is 0.132 e. The minimum absolute atomic E-state index is 0.371. The van der Waals surface area contributed by atoms with Crippen molar-refractivity contribution >= 4 is 0 Å². The van der Waals surface area contributed by atoms with Crippen LogP contribution < -0.4 is 16.0 Å². The fourth-order valence-corrected chi connectivity index (χ4v) is 1.97. The van der Waals surface area contributed by atoms with Gasteiger partial charge in [0.1, 0.15) is 11.6 Å². The van der Waals surface area contributed by atoms with Crippen molar-refractivity contribution < 1.29 is 9.13 Å². The highest BCUT2D eigenvalue weighted by atomic mass is 19.1. The van der Waals surface area contributed by atoms with Gasteiger partial charge in [0.15, 0.2) is 0 Å². The van der Waals surface area contributed by atoms with Crippen LogP contribution in [-0.2, 0) is 0 Å². The largest absolute Gasteiger partial charge is 0.497 e. The summed E-state index contributed by atoms with van der Waals surface area (Å²) in [6, 6.07) is 6.16. The Morgan fingerprint density at radius 1 is 1.32 bits per heavy atom. The maximum atomic E-state index is 14.1. The van der Waals surface area contributed by atoms with Gasteiger partial charge in [0.25, 0.3) is 0 Å². The Labute approximate surface area is 111 Å². The minimum atomic E-state index is -0.446. The molecule has 0 aliphatic rings. The zero-order chi connectivity index (χ0) is 13.8. The van der Waals surface area contributed by atoms with Gasteiger partial charge in [-0.05, 0) is 24.1 Å².